The Morgan fingerprint density at radius 2 is 2.07 bits per heavy atom. The average Bonchev–Trinajstić information content (AvgIpc) is 3.02. The summed E-state index contributed by atoms with van der Waals surface area (Å²) in [6.45, 7) is 9.08. The number of hydrogen-bond acceptors (Lipinski definition) is 6. The first-order valence-electron chi connectivity index (χ1n) is 9.13. The first kappa shape index (κ1) is 21.2. The van der Waals surface area contributed by atoms with E-state index in [0.717, 1.165) is 40.3 Å². The minimum absolute atomic E-state index is 0.336. The number of nitrogens with one attached hydrogen (secondary N) is 1. The Morgan fingerprint density at radius 3 is 2.70 bits per heavy atom. The lowest BCUT2D eigenvalue weighted by Gasteiger charge is -2.20. The standard InChI is InChI=1S/C20H29N3O3S/c1-14-18(27-13-23-14)15-7-8-16(12-22-19(24)26-20(2,3)4)17(11-15)25-10-6-5-9-21/h7-8,11,13H,5-6,9-10,12,21H2,1-4H3,(H,22,24). The van der Waals surface area contributed by atoms with Gasteiger partial charge < -0.3 is 20.5 Å². The van der Waals surface area contributed by atoms with E-state index in [1.54, 1.807) is 11.3 Å². The maximum absolute atomic E-state index is 11.9. The van der Waals surface area contributed by atoms with E-state index in [4.69, 9.17) is 15.2 Å². The maximum Gasteiger partial charge on any atom is 0.407 e. The first-order chi connectivity index (χ1) is 12.8. The van der Waals surface area contributed by atoms with Crippen molar-refractivity contribution in [2.24, 2.45) is 5.73 Å². The van der Waals surface area contributed by atoms with Crippen LogP contribution in [0, 0.1) is 6.92 Å². The van der Waals surface area contributed by atoms with Crippen molar-refractivity contribution in [3.63, 3.8) is 0 Å². The molecule has 0 saturated carbocycles. The van der Waals surface area contributed by atoms with Gasteiger partial charge in [-0.25, -0.2) is 9.78 Å². The number of thiazole rings is 1. The van der Waals surface area contributed by atoms with Crippen LogP contribution in [0.15, 0.2) is 23.7 Å². The van der Waals surface area contributed by atoms with Gasteiger partial charge in [-0.2, -0.15) is 0 Å². The summed E-state index contributed by atoms with van der Waals surface area (Å²) >= 11 is 1.60. The van der Waals surface area contributed by atoms with Gasteiger partial charge in [0.2, 0.25) is 0 Å². The molecule has 1 aromatic carbocycles. The molecular weight excluding hydrogens is 362 g/mol. The minimum atomic E-state index is -0.529. The normalized spacial score (nSPS) is 11.3. The van der Waals surface area contributed by atoms with Crippen LogP contribution < -0.4 is 15.8 Å². The lowest BCUT2D eigenvalue weighted by molar-refractivity contribution is 0.0523. The van der Waals surface area contributed by atoms with Crippen LogP contribution in [0.25, 0.3) is 10.4 Å². The van der Waals surface area contributed by atoms with Crippen LogP contribution in [0.5, 0.6) is 5.75 Å². The number of aryl methyl sites for hydroxylation is 1. The van der Waals surface area contributed by atoms with E-state index in [1.807, 2.05) is 51.4 Å². The molecule has 0 aliphatic heterocycles. The quantitative estimate of drug-likeness (QED) is 0.657. The van der Waals surface area contributed by atoms with Gasteiger partial charge >= 0.3 is 6.09 Å². The number of nitrogens with zero attached hydrogens (tertiary/aromatic N) is 1. The van der Waals surface area contributed by atoms with Gasteiger partial charge in [-0.3, -0.25) is 0 Å². The molecule has 0 aliphatic carbocycles. The number of carbonyl (C=O) groups is 1. The number of ether oxygens (including phenoxy) is 2. The molecule has 7 heteroatoms. The van der Waals surface area contributed by atoms with Crippen molar-refractivity contribution in [2.75, 3.05) is 13.2 Å². The first-order valence-corrected chi connectivity index (χ1v) is 10.0. The Bertz CT molecular complexity index is 753. The van der Waals surface area contributed by atoms with Gasteiger partial charge in [0, 0.05) is 12.1 Å². The second kappa shape index (κ2) is 9.71. The number of carbonyl (C=O) groups excluding carboxylic acids is 1. The van der Waals surface area contributed by atoms with Crippen LogP contribution in [-0.4, -0.2) is 29.8 Å². The number of unbranched alkanes of at least 4 members (excludes halogenated alkanes) is 1. The minimum Gasteiger partial charge on any atom is -0.493 e. The lowest BCUT2D eigenvalue weighted by atomic mass is 10.1. The van der Waals surface area contributed by atoms with Gasteiger partial charge in [0.05, 0.1) is 22.7 Å². The van der Waals surface area contributed by atoms with E-state index in [0.29, 0.717) is 19.7 Å². The van der Waals surface area contributed by atoms with E-state index in [-0.39, 0.29) is 0 Å². The van der Waals surface area contributed by atoms with Crippen LogP contribution in [0.1, 0.15) is 44.9 Å². The molecule has 0 aliphatic rings. The number of alkyl carbamates (subject to hydrolysis) is 1. The molecule has 0 saturated heterocycles. The van der Waals surface area contributed by atoms with Crippen molar-refractivity contribution in [3.05, 3.63) is 35.0 Å². The lowest BCUT2D eigenvalue weighted by Crippen LogP contribution is -2.32. The summed E-state index contributed by atoms with van der Waals surface area (Å²) in [5, 5.41) is 2.79. The third-order valence-electron chi connectivity index (χ3n) is 3.75. The van der Waals surface area contributed by atoms with Crippen LogP contribution in [0.3, 0.4) is 0 Å². The fraction of sp³-hybridized carbons (Fsp3) is 0.500. The Labute approximate surface area is 165 Å². The monoisotopic (exact) mass is 391 g/mol. The number of aromatic nitrogens is 1. The molecule has 1 aromatic heterocycles. The summed E-state index contributed by atoms with van der Waals surface area (Å²) in [5.74, 6) is 0.758. The van der Waals surface area contributed by atoms with Crippen LogP contribution >= 0.6 is 11.3 Å². The summed E-state index contributed by atoms with van der Waals surface area (Å²) in [7, 11) is 0. The van der Waals surface area contributed by atoms with Crippen LogP contribution in [-0.2, 0) is 11.3 Å². The summed E-state index contributed by atoms with van der Waals surface area (Å²) in [6.07, 6.45) is 1.36. The Kier molecular flexibility index (Phi) is 7.62. The molecule has 0 atom stereocenters. The zero-order chi connectivity index (χ0) is 19.9. The number of rotatable bonds is 8. The largest absolute Gasteiger partial charge is 0.493 e. The Morgan fingerprint density at radius 1 is 1.30 bits per heavy atom. The molecule has 1 heterocycles. The molecule has 27 heavy (non-hydrogen) atoms. The van der Waals surface area contributed by atoms with E-state index < -0.39 is 11.7 Å². The van der Waals surface area contributed by atoms with Crippen molar-refractivity contribution in [1.29, 1.82) is 0 Å². The summed E-state index contributed by atoms with van der Waals surface area (Å²) < 4.78 is 11.3. The van der Waals surface area contributed by atoms with Gasteiger partial charge in [0.15, 0.2) is 0 Å². The molecule has 1 amide bonds. The van der Waals surface area contributed by atoms with Crippen molar-refractivity contribution in [3.8, 4) is 16.2 Å². The predicted octanol–water partition coefficient (Wildman–Crippen LogP) is 4.26. The SMILES string of the molecule is Cc1ncsc1-c1ccc(CNC(=O)OC(C)(C)C)c(OCCCCN)c1. The van der Waals surface area contributed by atoms with E-state index >= 15 is 0 Å². The van der Waals surface area contributed by atoms with Gasteiger partial charge in [-0.05, 0) is 58.7 Å². The molecule has 2 rings (SSSR count). The van der Waals surface area contributed by atoms with E-state index in [2.05, 4.69) is 10.3 Å². The van der Waals surface area contributed by atoms with Crippen molar-refractivity contribution in [2.45, 2.75) is 52.7 Å². The van der Waals surface area contributed by atoms with E-state index in [9.17, 15) is 4.79 Å². The molecule has 0 radical (unpaired) electrons. The predicted molar refractivity (Wildman–Crippen MR) is 109 cm³/mol. The molecule has 2 aromatic rings. The maximum atomic E-state index is 11.9. The Balaban J connectivity index is 2.14. The van der Waals surface area contributed by atoms with Crippen molar-refractivity contribution in [1.82, 2.24) is 10.3 Å². The summed E-state index contributed by atoms with van der Waals surface area (Å²) in [6, 6.07) is 6.01. The number of nitrogens with two attached hydrogens (primary N) is 1. The van der Waals surface area contributed by atoms with Crippen molar-refractivity contribution >= 4 is 17.4 Å². The van der Waals surface area contributed by atoms with Gasteiger partial charge in [0.1, 0.15) is 11.4 Å². The molecule has 0 unspecified atom stereocenters. The number of benzene rings is 1. The van der Waals surface area contributed by atoms with Gasteiger partial charge in [0.25, 0.3) is 0 Å². The molecule has 3 N–H and O–H groups in total. The topological polar surface area (TPSA) is 86.5 Å². The highest BCUT2D eigenvalue weighted by molar-refractivity contribution is 7.13. The fourth-order valence-corrected chi connectivity index (χ4v) is 3.27. The highest BCUT2D eigenvalue weighted by Gasteiger charge is 2.17. The van der Waals surface area contributed by atoms with Crippen molar-refractivity contribution < 1.29 is 14.3 Å². The Hall–Kier alpha value is -2.12. The van der Waals surface area contributed by atoms with Gasteiger partial charge in [-0.15, -0.1) is 11.3 Å². The second-order valence-electron chi connectivity index (χ2n) is 7.29. The second-order valence-corrected chi connectivity index (χ2v) is 8.14. The molecule has 0 fully saturated rings. The molecule has 148 valence electrons. The zero-order valence-electron chi connectivity index (χ0n) is 16.5. The van der Waals surface area contributed by atoms with E-state index in [1.165, 1.54) is 0 Å². The van der Waals surface area contributed by atoms with Gasteiger partial charge in [-0.1, -0.05) is 12.1 Å². The third kappa shape index (κ3) is 6.84. The third-order valence-corrected chi connectivity index (χ3v) is 4.73. The van der Waals surface area contributed by atoms with Crippen LogP contribution in [0.2, 0.25) is 0 Å². The molecule has 6 nitrogen and oxygen atoms in total. The molecule has 0 spiro atoms. The number of hydrogen-bond donors (Lipinski definition) is 2. The average molecular weight is 392 g/mol. The smallest absolute Gasteiger partial charge is 0.407 e. The summed E-state index contributed by atoms with van der Waals surface area (Å²) in [4.78, 5) is 17.4. The molecular formula is C20H29N3O3S. The highest BCUT2D eigenvalue weighted by atomic mass is 32.1. The number of amides is 1. The molecule has 0 bridgehead atoms. The summed E-state index contributed by atoms with van der Waals surface area (Å²) in [5.41, 5.74) is 9.82. The highest BCUT2D eigenvalue weighted by Crippen LogP contribution is 2.32. The fourth-order valence-electron chi connectivity index (χ4n) is 2.47. The van der Waals surface area contributed by atoms with Crippen LogP contribution in [0.4, 0.5) is 4.79 Å². The zero-order valence-corrected chi connectivity index (χ0v) is 17.3.